The van der Waals surface area contributed by atoms with Gasteiger partial charge in [-0.25, -0.2) is 0 Å². The first-order valence-corrected chi connectivity index (χ1v) is 15.1. The van der Waals surface area contributed by atoms with Crippen LogP contribution in [-0.4, -0.2) is 9.60 Å². The van der Waals surface area contributed by atoms with Crippen LogP contribution in [-0.2, 0) is 10.6 Å². The Labute approximate surface area is 116 Å². The summed E-state index contributed by atoms with van der Waals surface area (Å²) in [7, 11) is -1.36. The van der Waals surface area contributed by atoms with E-state index in [1.54, 1.807) is 11.1 Å². The molecule has 0 unspecified atom stereocenters. The van der Waals surface area contributed by atoms with Crippen molar-refractivity contribution in [1.29, 1.82) is 0 Å². The summed E-state index contributed by atoms with van der Waals surface area (Å²) in [6.07, 6.45) is 0. The van der Waals surface area contributed by atoms with Crippen LogP contribution in [0.4, 0.5) is 0 Å². The molecule has 0 bridgehead atoms. The summed E-state index contributed by atoms with van der Waals surface area (Å²) in [6, 6.07) is 17.9. The van der Waals surface area contributed by atoms with E-state index >= 15 is 0 Å². The average molecular weight is 401 g/mol. The molecule has 1 aliphatic heterocycles. The molecule has 2 aromatic carbocycles. The van der Waals surface area contributed by atoms with Crippen molar-refractivity contribution >= 4 is 29.9 Å². The van der Waals surface area contributed by atoms with Gasteiger partial charge in [0.15, 0.2) is 0 Å². The number of halogens is 1. The van der Waals surface area contributed by atoms with Gasteiger partial charge in [0.1, 0.15) is 0 Å². The van der Waals surface area contributed by atoms with Crippen molar-refractivity contribution in [3.63, 3.8) is 0 Å². The van der Waals surface area contributed by atoms with Crippen molar-refractivity contribution in [2.75, 3.05) is 0 Å². The van der Waals surface area contributed by atoms with Crippen molar-refractivity contribution in [3.8, 4) is 11.1 Å². The molecular formula is C15H15ISe. The molecule has 0 N–H and O–H groups in total. The minimum absolute atomic E-state index is 1.31. The molecule has 17 heavy (non-hydrogen) atoms. The standard InChI is InChI=1S/C15H15ISe/c1-17(16)10-12-6-2-4-8-14(12)15-9-5-3-7-13(15)11-17/h2-9H,10-11H2,1H3. The molecule has 0 radical (unpaired) electrons. The number of benzene rings is 2. The third-order valence-corrected chi connectivity index (χ3v) is 10.3. The molecule has 0 saturated carbocycles. The Bertz CT molecular complexity index is 511. The molecule has 0 spiro atoms. The van der Waals surface area contributed by atoms with Gasteiger partial charge in [-0.1, -0.05) is 0 Å². The number of hydrogen-bond donors (Lipinski definition) is 0. The SMILES string of the molecule is C[Se]1(I)Cc2ccccc2-c2ccccc2C1. The average Bonchev–Trinajstić information content (AvgIpc) is 2.40. The van der Waals surface area contributed by atoms with Gasteiger partial charge in [-0.3, -0.25) is 0 Å². The molecule has 0 atom stereocenters. The van der Waals surface area contributed by atoms with Gasteiger partial charge in [-0.2, -0.15) is 0 Å². The Kier molecular flexibility index (Phi) is 3.05. The van der Waals surface area contributed by atoms with Crippen LogP contribution in [0.3, 0.4) is 0 Å². The molecule has 0 saturated heterocycles. The van der Waals surface area contributed by atoms with Crippen LogP contribution in [0.5, 0.6) is 0 Å². The summed E-state index contributed by atoms with van der Waals surface area (Å²) in [5.74, 6) is 2.51. The van der Waals surface area contributed by atoms with Crippen molar-refractivity contribution in [2.24, 2.45) is 0 Å². The van der Waals surface area contributed by atoms with Crippen LogP contribution in [0.1, 0.15) is 11.1 Å². The van der Waals surface area contributed by atoms with Crippen molar-refractivity contribution in [2.45, 2.75) is 16.5 Å². The molecule has 0 aromatic heterocycles. The van der Waals surface area contributed by atoms with Crippen molar-refractivity contribution in [3.05, 3.63) is 59.7 Å². The maximum atomic E-state index is 2.77. The molecule has 0 nitrogen and oxygen atoms in total. The quantitative estimate of drug-likeness (QED) is 0.449. The fourth-order valence-electron chi connectivity index (χ4n) is 2.52. The van der Waals surface area contributed by atoms with Gasteiger partial charge in [0.05, 0.1) is 0 Å². The Morgan fingerprint density at radius 2 is 1.24 bits per heavy atom. The van der Waals surface area contributed by atoms with Crippen molar-refractivity contribution in [1.82, 2.24) is 0 Å². The topological polar surface area (TPSA) is 0 Å². The van der Waals surface area contributed by atoms with E-state index in [9.17, 15) is 0 Å². The first kappa shape index (κ1) is 11.8. The second-order valence-corrected chi connectivity index (χ2v) is 21.9. The van der Waals surface area contributed by atoms with E-state index in [1.807, 2.05) is 0 Å². The van der Waals surface area contributed by atoms with E-state index in [0.717, 1.165) is 0 Å². The molecule has 1 aliphatic rings. The van der Waals surface area contributed by atoms with Crippen LogP contribution >= 0.6 is 20.3 Å². The monoisotopic (exact) mass is 402 g/mol. The second kappa shape index (κ2) is 4.42. The van der Waals surface area contributed by atoms with Gasteiger partial charge >= 0.3 is 117 Å². The summed E-state index contributed by atoms with van der Waals surface area (Å²) in [5, 5.41) is 2.61. The van der Waals surface area contributed by atoms with Crippen LogP contribution in [0.15, 0.2) is 48.5 Å². The molecule has 0 aliphatic carbocycles. The van der Waals surface area contributed by atoms with Crippen LogP contribution in [0, 0.1) is 0 Å². The summed E-state index contributed by atoms with van der Waals surface area (Å²) in [4.78, 5) is 0. The zero-order valence-electron chi connectivity index (χ0n) is 9.82. The van der Waals surface area contributed by atoms with Gasteiger partial charge in [0.2, 0.25) is 0 Å². The normalized spacial score (nSPS) is 18.7. The summed E-state index contributed by atoms with van der Waals surface area (Å²) in [6.45, 7) is 0. The van der Waals surface area contributed by atoms with Crippen LogP contribution in [0.25, 0.3) is 11.1 Å². The van der Waals surface area contributed by atoms with E-state index < -0.39 is 9.60 Å². The van der Waals surface area contributed by atoms with Gasteiger partial charge < -0.3 is 0 Å². The van der Waals surface area contributed by atoms with E-state index in [4.69, 9.17) is 0 Å². The zero-order chi connectivity index (χ0) is 11.9. The molecule has 2 heteroatoms. The summed E-state index contributed by atoms with van der Waals surface area (Å²) < 4.78 is 0. The Morgan fingerprint density at radius 1 is 0.824 bits per heavy atom. The first-order valence-electron chi connectivity index (χ1n) is 5.75. The molecule has 0 amide bonds. The molecule has 88 valence electrons. The second-order valence-electron chi connectivity index (χ2n) is 4.76. The predicted octanol–water partition coefficient (Wildman–Crippen LogP) is 4.54. The molecule has 2 aromatic rings. The first-order chi connectivity index (χ1) is 8.16. The van der Waals surface area contributed by atoms with Gasteiger partial charge in [-0.15, -0.1) is 0 Å². The third-order valence-electron chi connectivity index (χ3n) is 3.24. The number of hydrogen-bond acceptors (Lipinski definition) is 0. The summed E-state index contributed by atoms with van der Waals surface area (Å²) >= 11 is 2.77. The Hall–Kier alpha value is -0.311. The van der Waals surface area contributed by atoms with Crippen LogP contribution in [0.2, 0.25) is 5.82 Å². The molecule has 1 heterocycles. The number of rotatable bonds is 0. The minimum atomic E-state index is -1.36. The van der Waals surface area contributed by atoms with E-state index in [2.05, 4.69) is 74.7 Å². The Balaban J connectivity index is 2.28. The Morgan fingerprint density at radius 3 is 1.71 bits per heavy atom. The molecule has 3 rings (SSSR count). The van der Waals surface area contributed by atoms with Gasteiger partial charge in [-0.05, 0) is 0 Å². The fraction of sp³-hybridized carbons (Fsp3) is 0.200. The number of fused-ring (bicyclic) bond motifs is 3. The van der Waals surface area contributed by atoms with Crippen molar-refractivity contribution < 1.29 is 0 Å². The van der Waals surface area contributed by atoms with Crippen LogP contribution < -0.4 is 0 Å². The summed E-state index contributed by atoms with van der Waals surface area (Å²) in [5.41, 5.74) is 6.02. The van der Waals surface area contributed by atoms with Gasteiger partial charge in [0.25, 0.3) is 0 Å². The van der Waals surface area contributed by atoms with E-state index in [1.165, 1.54) is 21.8 Å². The van der Waals surface area contributed by atoms with Gasteiger partial charge in [0, 0.05) is 0 Å². The maximum absolute atomic E-state index is 2.77. The third kappa shape index (κ3) is 2.31. The van der Waals surface area contributed by atoms with E-state index in [0.29, 0.717) is 0 Å². The fourth-order valence-corrected chi connectivity index (χ4v) is 10.00. The molecular weight excluding hydrogens is 386 g/mol. The zero-order valence-corrected chi connectivity index (χ0v) is 13.7. The predicted molar refractivity (Wildman–Crippen MR) is 84.9 cm³/mol. The van der Waals surface area contributed by atoms with E-state index in [-0.39, 0.29) is 0 Å². The molecule has 0 fully saturated rings.